The molecule has 1 rings (SSSR count). The summed E-state index contributed by atoms with van der Waals surface area (Å²) >= 11 is 0. The van der Waals surface area contributed by atoms with E-state index in [1.165, 1.54) is 19.6 Å². The zero-order valence-corrected chi connectivity index (χ0v) is 11.0. The molecule has 0 aliphatic carbocycles. The maximum Gasteiger partial charge on any atom is 0.316 e. The SMILES string of the molecule is C/C=C/CC(C(=O)CC(O)c1ccoc1)C(=O)OC. The summed E-state index contributed by atoms with van der Waals surface area (Å²) in [4.78, 5) is 23.6. The van der Waals surface area contributed by atoms with Gasteiger partial charge in [0.1, 0.15) is 11.7 Å². The molecule has 19 heavy (non-hydrogen) atoms. The number of hydrogen-bond donors (Lipinski definition) is 1. The zero-order valence-electron chi connectivity index (χ0n) is 11.0. The summed E-state index contributed by atoms with van der Waals surface area (Å²) in [6, 6.07) is 1.58. The monoisotopic (exact) mass is 266 g/mol. The number of aliphatic hydroxyl groups excluding tert-OH is 1. The summed E-state index contributed by atoms with van der Waals surface area (Å²) in [7, 11) is 1.24. The Morgan fingerprint density at radius 3 is 2.79 bits per heavy atom. The number of carbonyl (C=O) groups is 2. The van der Waals surface area contributed by atoms with Gasteiger partial charge in [-0.05, 0) is 19.4 Å². The van der Waals surface area contributed by atoms with E-state index in [1.54, 1.807) is 25.1 Å². The van der Waals surface area contributed by atoms with Crippen LogP contribution >= 0.6 is 0 Å². The largest absolute Gasteiger partial charge is 0.472 e. The van der Waals surface area contributed by atoms with Gasteiger partial charge in [0.2, 0.25) is 0 Å². The Hall–Kier alpha value is -1.88. The summed E-state index contributed by atoms with van der Waals surface area (Å²) in [6.07, 6.45) is 5.44. The van der Waals surface area contributed by atoms with Gasteiger partial charge in [-0.25, -0.2) is 0 Å². The molecule has 1 heterocycles. The van der Waals surface area contributed by atoms with Gasteiger partial charge in [0.15, 0.2) is 0 Å². The van der Waals surface area contributed by atoms with Gasteiger partial charge in [0.25, 0.3) is 0 Å². The van der Waals surface area contributed by atoms with Gasteiger partial charge >= 0.3 is 5.97 Å². The smallest absolute Gasteiger partial charge is 0.316 e. The number of ether oxygens (including phenoxy) is 1. The standard InChI is InChI=1S/C14H18O5/c1-3-4-5-11(14(17)18-2)13(16)8-12(15)10-6-7-19-9-10/h3-4,6-7,9,11-12,15H,5,8H2,1-2H3/b4-3+. The number of carbonyl (C=O) groups excluding carboxylic acids is 2. The van der Waals surface area contributed by atoms with Crippen LogP contribution < -0.4 is 0 Å². The minimum Gasteiger partial charge on any atom is -0.472 e. The molecule has 0 radical (unpaired) electrons. The quantitative estimate of drug-likeness (QED) is 0.464. The molecule has 1 N–H and O–H groups in total. The van der Waals surface area contributed by atoms with E-state index in [1.807, 2.05) is 0 Å². The number of Topliss-reactive ketones (excluding diaryl/α,β-unsaturated/α-hetero) is 1. The van der Waals surface area contributed by atoms with Crippen LogP contribution in [0.4, 0.5) is 0 Å². The van der Waals surface area contributed by atoms with Crippen molar-refractivity contribution < 1.29 is 23.8 Å². The molecule has 104 valence electrons. The zero-order chi connectivity index (χ0) is 14.3. The fraction of sp³-hybridized carbons (Fsp3) is 0.429. The minimum absolute atomic E-state index is 0.142. The fourth-order valence-electron chi connectivity index (χ4n) is 1.69. The van der Waals surface area contributed by atoms with Crippen LogP contribution in [0, 0.1) is 5.92 Å². The van der Waals surface area contributed by atoms with Gasteiger partial charge in [-0.3, -0.25) is 9.59 Å². The van der Waals surface area contributed by atoms with E-state index in [0.717, 1.165) is 0 Å². The molecule has 1 aromatic heterocycles. The van der Waals surface area contributed by atoms with Gasteiger partial charge in [0.05, 0.1) is 25.7 Å². The van der Waals surface area contributed by atoms with E-state index < -0.39 is 18.0 Å². The summed E-state index contributed by atoms with van der Waals surface area (Å²) in [5.74, 6) is -1.80. The highest BCUT2D eigenvalue weighted by Gasteiger charge is 2.28. The van der Waals surface area contributed by atoms with Crippen molar-refractivity contribution in [2.75, 3.05) is 7.11 Å². The number of furan rings is 1. The number of allylic oxidation sites excluding steroid dienone is 2. The summed E-state index contributed by atoms with van der Waals surface area (Å²) in [5.41, 5.74) is 0.517. The van der Waals surface area contributed by atoms with E-state index in [9.17, 15) is 14.7 Å². The molecule has 0 aliphatic heterocycles. The van der Waals surface area contributed by atoms with Gasteiger partial charge in [-0.2, -0.15) is 0 Å². The Labute approximate surface area is 111 Å². The minimum atomic E-state index is -0.969. The number of rotatable bonds is 7. The summed E-state index contributed by atoms with van der Waals surface area (Å²) in [6.45, 7) is 1.80. The Bertz CT molecular complexity index is 433. The Morgan fingerprint density at radius 2 is 2.26 bits per heavy atom. The topological polar surface area (TPSA) is 76.7 Å². The van der Waals surface area contributed by atoms with Crippen LogP contribution in [0.1, 0.15) is 31.4 Å². The lowest BCUT2D eigenvalue weighted by Gasteiger charge is -2.14. The van der Waals surface area contributed by atoms with Crippen molar-refractivity contribution in [2.24, 2.45) is 5.92 Å². The van der Waals surface area contributed by atoms with E-state index >= 15 is 0 Å². The predicted molar refractivity (Wildman–Crippen MR) is 68.2 cm³/mol. The molecule has 1 aromatic rings. The molecule has 0 spiro atoms. The first-order chi connectivity index (χ1) is 9.10. The third-order valence-electron chi connectivity index (χ3n) is 2.80. The lowest BCUT2D eigenvalue weighted by molar-refractivity contribution is -0.149. The molecular weight excluding hydrogens is 248 g/mol. The highest BCUT2D eigenvalue weighted by Crippen LogP contribution is 2.21. The van der Waals surface area contributed by atoms with Crippen molar-refractivity contribution >= 4 is 11.8 Å². The highest BCUT2D eigenvalue weighted by atomic mass is 16.5. The van der Waals surface area contributed by atoms with Crippen LogP contribution in [-0.2, 0) is 14.3 Å². The van der Waals surface area contributed by atoms with E-state index in [4.69, 9.17) is 4.42 Å². The average molecular weight is 266 g/mol. The second-order valence-corrected chi connectivity index (χ2v) is 4.12. The van der Waals surface area contributed by atoms with Crippen molar-refractivity contribution in [2.45, 2.75) is 25.9 Å². The Morgan fingerprint density at radius 1 is 1.53 bits per heavy atom. The maximum absolute atomic E-state index is 12.0. The van der Waals surface area contributed by atoms with Crippen LogP contribution in [0.15, 0.2) is 35.2 Å². The highest BCUT2D eigenvalue weighted by molar-refractivity contribution is 5.99. The van der Waals surface area contributed by atoms with E-state index in [-0.39, 0.29) is 18.6 Å². The molecule has 0 aromatic carbocycles. The van der Waals surface area contributed by atoms with Gasteiger partial charge in [0, 0.05) is 12.0 Å². The predicted octanol–water partition coefficient (Wildman–Crippen LogP) is 2.03. The van der Waals surface area contributed by atoms with Crippen molar-refractivity contribution in [1.29, 1.82) is 0 Å². The van der Waals surface area contributed by atoms with Gasteiger partial charge in [-0.1, -0.05) is 12.2 Å². The number of hydrogen-bond acceptors (Lipinski definition) is 5. The molecule has 5 nitrogen and oxygen atoms in total. The number of esters is 1. The average Bonchev–Trinajstić information content (AvgIpc) is 2.92. The van der Waals surface area contributed by atoms with Crippen molar-refractivity contribution in [3.63, 3.8) is 0 Å². The molecule has 0 amide bonds. The van der Waals surface area contributed by atoms with Crippen molar-refractivity contribution in [3.05, 3.63) is 36.3 Å². The van der Waals surface area contributed by atoms with Crippen LogP contribution in [0.25, 0.3) is 0 Å². The third kappa shape index (κ3) is 4.37. The number of aliphatic hydroxyl groups is 1. The molecule has 0 saturated carbocycles. The van der Waals surface area contributed by atoms with Crippen molar-refractivity contribution in [1.82, 2.24) is 0 Å². The molecule has 0 bridgehead atoms. The molecule has 2 atom stereocenters. The fourth-order valence-corrected chi connectivity index (χ4v) is 1.69. The molecular formula is C14H18O5. The van der Waals surface area contributed by atoms with Crippen LogP contribution in [0.2, 0.25) is 0 Å². The summed E-state index contributed by atoms with van der Waals surface area (Å²) in [5, 5.41) is 9.86. The third-order valence-corrected chi connectivity index (χ3v) is 2.80. The normalized spacial score (nSPS) is 14.3. The second kappa shape index (κ2) is 7.53. The first-order valence-corrected chi connectivity index (χ1v) is 6.02. The molecule has 5 heteroatoms. The molecule has 0 fully saturated rings. The lowest BCUT2D eigenvalue weighted by atomic mass is 9.94. The maximum atomic E-state index is 12.0. The number of methoxy groups -OCH3 is 1. The summed E-state index contributed by atoms with van der Waals surface area (Å²) < 4.78 is 9.45. The van der Waals surface area contributed by atoms with Crippen LogP contribution in [0.5, 0.6) is 0 Å². The van der Waals surface area contributed by atoms with Crippen molar-refractivity contribution in [3.8, 4) is 0 Å². The van der Waals surface area contributed by atoms with Gasteiger partial charge in [-0.15, -0.1) is 0 Å². The Kier molecular flexibility index (Phi) is 6.02. The van der Waals surface area contributed by atoms with Crippen LogP contribution in [-0.4, -0.2) is 24.0 Å². The molecule has 0 saturated heterocycles. The van der Waals surface area contributed by atoms with E-state index in [0.29, 0.717) is 5.56 Å². The van der Waals surface area contributed by atoms with Gasteiger partial charge < -0.3 is 14.3 Å². The first-order valence-electron chi connectivity index (χ1n) is 6.02. The first kappa shape index (κ1) is 15.2. The number of ketones is 1. The lowest BCUT2D eigenvalue weighted by Crippen LogP contribution is -2.26. The van der Waals surface area contributed by atoms with Crippen LogP contribution in [0.3, 0.4) is 0 Å². The second-order valence-electron chi connectivity index (χ2n) is 4.12. The molecule has 2 unspecified atom stereocenters. The van der Waals surface area contributed by atoms with E-state index in [2.05, 4.69) is 4.74 Å². The molecule has 0 aliphatic rings. The Balaban J connectivity index is 2.68.